The SMILES string of the molecule is COc1ccc2nc(-c3cccc(OC)c3OC(C)C(=O)O)cc(C3CC3)c2c1. The van der Waals surface area contributed by atoms with E-state index < -0.39 is 12.1 Å². The molecule has 0 bridgehead atoms. The smallest absolute Gasteiger partial charge is 0.344 e. The number of para-hydroxylation sites is 1. The quantitative estimate of drug-likeness (QED) is 0.630. The number of aromatic nitrogens is 1. The van der Waals surface area contributed by atoms with Crippen LogP contribution in [-0.4, -0.2) is 36.4 Å². The summed E-state index contributed by atoms with van der Waals surface area (Å²) in [4.78, 5) is 16.2. The van der Waals surface area contributed by atoms with Gasteiger partial charge >= 0.3 is 5.97 Å². The number of carbonyl (C=O) groups is 1. The number of carboxylic acid groups (broad SMARTS) is 1. The predicted molar refractivity (Wildman–Crippen MR) is 110 cm³/mol. The van der Waals surface area contributed by atoms with Crippen LogP contribution in [0, 0.1) is 0 Å². The lowest BCUT2D eigenvalue weighted by Gasteiger charge is -2.18. The summed E-state index contributed by atoms with van der Waals surface area (Å²) in [6, 6.07) is 13.4. The number of nitrogens with zero attached hydrogens (tertiary/aromatic N) is 1. The van der Waals surface area contributed by atoms with Gasteiger partial charge in [0.25, 0.3) is 0 Å². The van der Waals surface area contributed by atoms with E-state index in [0.717, 1.165) is 35.2 Å². The number of carboxylic acids is 1. The molecule has 1 aromatic heterocycles. The maximum Gasteiger partial charge on any atom is 0.344 e. The number of ether oxygens (including phenoxy) is 3. The van der Waals surface area contributed by atoms with Crippen LogP contribution >= 0.6 is 0 Å². The zero-order valence-electron chi connectivity index (χ0n) is 16.6. The molecule has 29 heavy (non-hydrogen) atoms. The maximum atomic E-state index is 11.3. The van der Waals surface area contributed by atoms with Gasteiger partial charge in [-0.3, -0.25) is 0 Å². The van der Waals surface area contributed by atoms with Crippen molar-refractivity contribution in [1.29, 1.82) is 0 Å². The van der Waals surface area contributed by atoms with Crippen molar-refractivity contribution in [2.75, 3.05) is 14.2 Å². The molecule has 1 aliphatic rings. The molecule has 0 spiro atoms. The highest BCUT2D eigenvalue weighted by molar-refractivity contribution is 5.88. The largest absolute Gasteiger partial charge is 0.497 e. The molecule has 150 valence electrons. The lowest BCUT2D eigenvalue weighted by Crippen LogP contribution is -2.23. The number of benzene rings is 2. The molecule has 3 aromatic rings. The molecule has 1 fully saturated rings. The van der Waals surface area contributed by atoms with Crippen LogP contribution < -0.4 is 14.2 Å². The maximum absolute atomic E-state index is 11.3. The Balaban J connectivity index is 1.89. The van der Waals surface area contributed by atoms with E-state index in [-0.39, 0.29) is 0 Å². The first-order valence-corrected chi connectivity index (χ1v) is 9.57. The third-order valence-corrected chi connectivity index (χ3v) is 5.18. The molecule has 6 nitrogen and oxygen atoms in total. The molecule has 4 rings (SSSR count). The first-order chi connectivity index (χ1) is 14.0. The predicted octanol–water partition coefficient (Wildman–Crippen LogP) is 4.65. The van der Waals surface area contributed by atoms with Crippen molar-refractivity contribution < 1.29 is 24.1 Å². The van der Waals surface area contributed by atoms with Crippen molar-refractivity contribution in [3.63, 3.8) is 0 Å². The van der Waals surface area contributed by atoms with Gasteiger partial charge in [-0.25, -0.2) is 9.78 Å². The highest BCUT2D eigenvalue weighted by Crippen LogP contribution is 2.46. The molecule has 0 amide bonds. The fourth-order valence-electron chi connectivity index (χ4n) is 3.46. The van der Waals surface area contributed by atoms with E-state index in [1.807, 2.05) is 30.3 Å². The van der Waals surface area contributed by atoms with Crippen molar-refractivity contribution in [3.8, 4) is 28.5 Å². The number of pyridine rings is 1. The van der Waals surface area contributed by atoms with E-state index in [9.17, 15) is 9.90 Å². The standard InChI is InChI=1S/C23H23NO5/c1-13(23(25)26)29-22-16(5-4-6-21(22)28-3)20-12-17(14-7-8-14)18-11-15(27-2)9-10-19(18)24-20/h4-6,9-14H,7-8H2,1-3H3,(H,25,26). The van der Waals surface area contributed by atoms with Crippen LogP contribution in [0.1, 0.15) is 31.2 Å². The second kappa shape index (κ2) is 7.62. The topological polar surface area (TPSA) is 77.9 Å². The summed E-state index contributed by atoms with van der Waals surface area (Å²) in [7, 11) is 3.19. The van der Waals surface area contributed by atoms with Gasteiger partial charge in [-0.1, -0.05) is 6.07 Å². The van der Waals surface area contributed by atoms with Crippen molar-refractivity contribution in [3.05, 3.63) is 48.0 Å². The Morgan fingerprint density at radius 3 is 2.59 bits per heavy atom. The van der Waals surface area contributed by atoms with Gasteiger partial charge in [-0.05, 0) is 67.6 Å². The van der Waals surface area contributed by atoms with Crippen LogP contribution in [0.2, 0.25) is 0 Å². The van der Waals surface area contributed by atoms with E-state index in [1.54, 1.807) is 13.2 Å². The van der Waals surface area contributed by atoms with E-state index in [1.165, 1.54) is 19.6 Å². The van der Waals surface area contributed by atoms with Gasteiger partial charge < -0.3 is 19.3 Å². The van der Waals surface area contributed by atoms with E-state index in [0.29, 0.717) is 23.0 Å². The second-order valence-electron chi connectivity index (χ2n) is 7.19. The third kappa shape index (κ3) is 3.70. The number of fused-ring (bicyclic) bond motifs is 1. The molecular formula is C23H23NO5. The second-order valence-corrected chi connectivity index (χ2v) is 7.19. The summed E-state index contributed by atoms with van der Waals surface area (Å²) in [5.74, 6) is 1.11. The number of methoxy groups -OCH3 is 2. The summed E-state index contributed by atoms with van der Waals surface area (Å²) < 4.78 is 16.6. The Morgan fingerprint density at radius 1 is 1.14 bits per heavy atom. The minimum Gasteiger partial charge on any atom is -0.497 e. The molecule has 1 unspecified atom stereocenters. The van der Waals surface area contributed by atoms with Gasteiger partial charge in [0.05, 0.1) is 25.4 Å². The van der Waals surface area contributed by atoms with Gasteiger partial charge in [0.1, 0.15) is 5.75 Å². The Bertz CT molecular complexity index is 1070. The number of hydrogen-bond donors (Lipinski definition) is 1. The fourth-order valence-corrected chi connectivity index (χ4v) is 3.46. The minimum absolute atomic E-state index is 0.381. The molecule has 2 aromatic carbocycles. The van der Waals surface area contributed by atoms with Crippen LogP contribution in [-0.2, 0) is 4.79 Å². The van der Waals surface area contributed by atoms with E-state index in [4.69, 9.17) is 19.2 Å². The zero-order chi connectivity index (χ0) is 20.5. The van der Waals surface area contributed by atoms with Crippen LogP contribution in [0.15, 0.2) is 42.5 Å². The van der Waals surface area contributed by atoms with Gasteiger partial charge in [0.2, 0.25) is 0 Å². The van der Waals surface area contributed by atoms with E-state index in [2.05, 4.69) is 6.07 Å². The molecule has 6 heteroatoms. The van der Waals surface area contributed by atoms with Crippen LogP contribution in [0.5, 0.6) is 17.2 Å². The molecule has 1 heterocycles. The van der Waals surface area contributed by atoms with Crippen molar-refractivity contribution in [1.82, 2.24) is 4.98 Å². The number of aliphatic carboxylic acids is 1. The summed E-state index contributed by atoms with van der Waals surface area (Å²) >= 11 is 0. The van der Waals surface area contributed by atoms with Gasteiger partial charge in [-0.2, -0.15) is 0 Å². The Labute approximate surface area is 169 Å². The average Bonchev–Trinajstić information content (AvgIpc) is 3.57. The zero-order valence-corrected chi connectivity index (χ0v) is 16.6. The fraction of sp³-hybridized carbons (Fsp3) is 0.304. The molecule has 0 saturated heterocycles. The number of hydrogen-bond acceptors (Lipinski definition) is 5. The van der Waals surface area contributed by atoms with Crippen molar-refractivity contribution >= 4 is 16.9 Å². The molecule has 0 radical (unpaired) electrons. The first-order valence-electron chi connectivity index (χ1n) is 9.57. The molecule has 1 N–H and O–H groups in total. The third-order valence-electron chi connectivity index (χ3n) is 5.18. The lowest BCUT2D eigenvalue weighted by atomic mass is 10.00. The minimum atomic E-state index is -1.04. The molecule has 1 saturated carbocycles. The highest BCUT2D eigenvalue weighted by Gasteiger charge is 2.28. The number of rotatable bonds is 7. The molecule has 1 aliphatic carbocycles. The Kier molecular flexibility index (Phi) is 5.01. The Morgan fingerprint density at radius 2 is 1.93 bits per heavy atom. The molecule has 1 atom stereocenters. The van der Waals surface area contributed by atoms with Gasteiger partial charge in [0.15, 0.2) is 17.6 Å². The van der Waals surface area contributed by atoms with Gasteiger partial charge in [0, 0.05) is 10.9 Å². The summed E-state index contributed by atoms with van der Waals surface area (Å²) in [5.41, 5.74) is 3.53. The molecular weight excluding hydrogens is 370 g/mol. The Hall–Kier alpha value is -3.28. The van der Waals surface area contributed by atoms with E-state index >= 15 is 0 Å². The average molecular weight is 393 g/mol. The summed E-state index contributed by atoms with van der Waals surface area (Å²) in [6.45, 7) is 1.49. The monoisotopic (exact) mass is 393 g/mol. The normalized spacial score (nSPS) is 14.4. The van der Waals surface area contributed by atoms with Crippen molar-refractivity contribution in [2.24, 2.45) is 0 Å². The highest BCUT2D eigenvalue weighted by atomic mass is 16.5. The van der Waals surface area contributed by atoms with Crippen LogP contribution in [0.25, 0.3) is 22.2 Å². The lowest BCUT2D eigenvalue weighted by molar-refractivity contribution is -0.144. The van der Waals surface area contributed by atoms with Crippen LogP contribution in [0.3, 0.4) is 0 Å². The summed E-state index contributed by atoms with van der Waals surface area (Å²) in [5, 5.41) is 10.4. The summed E-state index contributed by atoms with van der Waals surface area (Å²) in [6.07, 6.45) is 1.28. The van der Waals surface area contributed by atoms with Gasteiger partial charge in [-0.15, -0.1) is 0 Å². The first kappa shape index (κ1) is 19.1. The molecule has 0 aliphatic heterocycles. The van der Waals surface area contributed by atoms with Crippen molar-refractivity contribution in [2.45, 2.75) is 31.8 Å². The van der Waals surface area contributed by atoms with Crippen LogP contribution in [0.4, 0.5) is 0 Å².